The molecule has 0 aliphatic heterocycles. The van der Waals surface area contributed by atoms with Crippen LogP contribution in [-0.2, 0) is 19.1 Å². The van der Waals surface area contributed by atoms with Gasteiger partial charge < -0.3 is 25.7 Å². The molecule has 0 bridgehead atoms. The molecule has 1 atom stereocenters. The van der Waals surface area contributed by atoms with E-state index in [1.54, 1.807) is 18.2 Å². The number of hydrogen-bond donors (Lipinski definition) is 2. The van der Waals surface area contributed by atoms with E-state index in [2.05, 4.69) is 13.8 Å². The number of esters is 2. The average molecular weight is 520 g/mol. The minimum atomic E-state index is -0.697. The second-order valence-electron chi connectivity index (χ2n) is 9.88. The van der Waals surface area contributed by atoms with E-state index >= 15 is 0 Å². The standard InChI is InChI=1S/C30H51N2O5/c1-3-4-5-6-7-8-9-10-11-12-13-14-15-18-29(33)36-24-25(2)37-30(34)19-16-17-22-35-26-20-21-27(31)28(32)23-26/h20-21,23,25H,2-19,22,24,31-32H2,1H3. The first-order valence-corrected chi connectivity index (χ1v) is 14.4. The summed E-state index contributed by atoms with van der Waals surface area (Å²) < 4.78 is 16.0. The van der Waals surface area contributed by atoms with Crippen LogP contribution < -0.4 is 16.2 Å². The average Bonchev–Trinajstić information content (AvgIpc) is 2.87. The third-order valence-corrected chi connectivity index (χ3v) is 6.31. The number of nitrogen functional groups attached to an aromatic ring is 2. The van der Waals surface area contributed by atoms with Gasteiger partial charge in [-0.15, -0.1) is 0 Å². The van der Waals surface area contributed by atoms with Crippen molar-refractivity contribution in [3.8, 4) is 5.75 Å². The van der Waals surface area contributed by atoms with Gasteiger partial charge in [-0.05, 0) is 38.3 Å². The van der Waals surface area contributed by atoms with Crippen molar-refractivity contribution in [2.24, 2.45) is 0 Å². The highest BCUT2D eigenvalue weighted by Gasteiger charge is 2.12. The number of hydrogen-bond acceptors (Lipinski definition) is 7. The third kappa shape index (κ3) is 18.5. The van der Waals surface area contributed by atoms with Crippen LogP contribution in [-0.4, -0.2) is 31.3 Å². The highest BCUT2D eigenvalue weighted by molar-refractivity contribution is 5.70. The molecular weight excluding hydrogens is 468 g/mol. The van der Waals surface area contributed by atoms with Gasteiger partial charge in [-0.3, -0.25) is 9.59 Å². The summed E-state index contributed by atoms with van der Waals surface area (Å²) in [6.45, 7) is 6.46. The Morgan fingerprint density at radius 2 is 1.30 bits per heavy atom. The zero-order chi connectivity index (χ0) is 27.1. The fourth-order valence-electron chi connectivity index (χ4n) is 4.03. The van der Waals surface area contributed by atoms with Gasteiger partial charge in [0.2, 0.25) is 0 Å². The Morgan fingerprint density at radius 3 is 1.89 bits per heavy atom. The maximum atomic E-state index is 11.9. The zero-order valence-corrected chi connectivity index (χ0v) is 23.1. The molecule has 7 nitrogen and oxygen atoms in total. The number of ether oxygens (including phenoxy) is 3. The molecule has 0 saturated carbocycles. The summed E-state index contributed by atoms with van der Waals surface area (Å²) in [5.41, 5.74) is 12.4. The van der Waals surface area contributed by atoms with Gasteiger partial charge in [0.05, 0.1) is 18.0 Å². The summed E-state index contributed by atoms with van der Waals surface area (Å²) in [7, 11) is 0. The number of benzene rings is 1. The molecule has 0 aliphatic rings. The SMILES string of the molecule is [CH2]C(COC(=O)CCCCCCCCCCCCCCC)OC(=O)CCCCOc1ccc(N)c(N)c1. The van der Waals surface area contributed by atoms with Gasteiger partial charge in [0, 0.05) is 18.9 Å². The summed E-state index contributed by atoms with van der Waals surface area (Å²) >= 11 is 0. The second-order valence-corrected chi connectivity index (χ2v) is 9.88. The molecule has 7 heteroatoms. The van der Waals surface area contributed by atoms with E-state index in [0.717, 1.165) is 12.8 Å². The van der Waals surface area contributed by atoms with Crippen LogP contribution in [0.2, 0.25) is 0 Å². The summed E-state index contributed by atoms with van der Waals surface area (Å²) in [5.74, 6) is 0.0326. The highest BCUT2D eigenvalue weighted by Crippen LogP contribution is 2.21. The number of carbonyl (C=O) groups is 2. The molecule has 0 heterocycles. The molecule has 0 aromatic heterocycles. The topological polar surface area (TPSA) is 114 Å². The maximum absolute atomic E-state index is 11.9. The lowest BCUT2D eigenvalue weighted by Gasteiger charge is -2.13. The van der Waals surface area contributed by atoms with Crippen molar-refractivity contribution >= 4 is 23.3 Å². The fourth-order valence-corrected chi connectivity index (χ4v) is 4.03. The van der Waals surface area contributed by atoms with Crippen LogP contribution in [0.15, 0.2) is 18.2 Å². The molecule has 1 unspecified atom stereocenters. The predicted molar refractivity (Wildman–Crippen MR) is 151 cm³/mol. The molecule has 0 fully saturated rings. The van der Waals surface area contributed by atoms with Gasteiger partial charge >= 0.3 is 11.9 Å². The fraction of sp³-hybridized carbons (Fsp3) is 0.700. The molecule has 0 amide bonds. The van der Waals surface area contributed by atoms with Crippen molar-refractivity contribution in [3.63, 3.8) is 0 Å². The van der Waals surface area contributed by atoms with E-state index in [-0.39, 0.29) is 25.0 Å². The Bertz CT molecular complexity index is 741. The largest absolute Gasteiger partial charge is 0.494 e. The monoisotopic (exact) mass is 519 g/mol. The van der Waals surface area contributed by atoms with Crippen LogP contribution in [0.25, 0.3) is 0 Å². The van der Waals surface area contributed by atoms with E-state index < -0.39 is 6.10 Å². The predicted octanol–water partition coefficient (Wildman–Crippen LogP) is 7.17. The van der Waals surface area contributed by atoms with Crippen LogP contribution in [0, 0.1) is 6.92 Å². The highest BCUT2D eigenvalue weighted by atomic mass is 16.6. The molecule has 1 aromatic carbocycles. The van der Waals surface area contributed by atoms with Crippen LogP contribution in [0.4, 0.5) is 11.4 Å². The van der Waals surface area contributed by atoms with Gasteiger partial charge in [0.1, 0.15) is 18.5 Å². The molecule has 37 heavy (non-hydrogen) atoms. The molecule has 1 aromatic rings. The van der Waals surface area contributed by atoms with E-state index in [9.17, 15) is 9.59 Å². The maximum Gasteiger partial charge on any atom is 0.306 e. The first-order chi connectivity index (χ1) is 17.9. The third-order valence-electron chi connectivity index (χ3n) is 6.31. The molecule has 1 radical (unpaired) electrons. The molecule has 4 N–H and O–H groups in total. The number of rotatable bonds is 23. The van der Waals surface area contributed by atoms with Crippen LogP contribution >= 0.6 is 0 Å². The van der Waals surface area contributed by atoms with Gasteiger partial charge in [-0.1, -0.05) is 84.0 Å². The van der Waals surface area contributed by atoms with Crippen molar-refractivity contribution in [2.75, 3.05) is 24.7 Å². The molecule has 1 rings (SSSR count). The summed E-state index contributed by atoms with van der Waals surface area (Å²) in [6.07, 6.45) is 17.7. The van der Waals surface area contributed by atoms with E-state index in [0.29, 0.717) is 43.0 Å². The number of unbranched alkanes of at least 4 members (excludes halogenated alkanes) is 13. The van der Waals surface area contributed by atoms with E-state index in [1.807, 2.05) is 0 Å². The van der Waals surface area contributed by atoms with Crippen molar-refractivity contribution < 1.29 is 23.8 Å². The minimum absolute atomic E-state index is 0.00924. The summed E-state index contributed by atoms with van der Waals surface area (Å²) in [4.78, 5) is 23.9. The van der Waals surface area contributed by atoms with Crippen molar-refractivity contribution in [2.45, 2.75) is 122 Å². The number of carbonyl (C=O) groups excluding carboxylic acids is 2. The Hall–Kier alpha value is -2.44. The van der Waals surface area contributed by atoms with Crippen LogP contribution in [0.5, 0.6) is 5.75 Å². The number of anilines is 2. The lowest BCUT2D eigenvalue weighted by atomic mass is 10.0. The smallest absolute Gasteiger partial charge is 0.306 e. The first-order valence-electron chi connectivity index (χ1n) is 14.4. The van der Waals surface area contributed by atoms with Gasteiger partial charge in [0.25, 0.3) is 0 Å². The molecular formula is C30H51N2O5. The molecule has 211 valence electrons. The van der Waals surface area contributed by atoms with Gasteiger partial charge in [0.15, 0.2) is 0 Å². The van der Waals surface area contributed by atoms with E-state index in [4.69, 9.17) is 25.7 Å². The van der Waals surface area contributed by atoms with Crippen molar-refractivity contribution in [1.82, 2.24) is 0 Å². The normalized spacial score (nSPS) is 11.7. The summed E-state index contributed by atoms with van der Waals surface area (Å²) in [6, 6.07) is 5.13. The second kappa shape index (κ2) is 21.6. The van der Waals surface area contributed by atoms with Crippen molar-refractivity contribution in [3.05, 3.63) is 25.1 Å². The van der Waals surface area contributed by atoms with Gasteiger partial charge in [-0.2, -0.15) is 0 Å². The van der Waals surface area contributed by atoms with E-state index in [1.165, 1.54) is 70.6 Å². The summed E-state index contributed by atoms with van der Waals surface area (Å²) in [5, 5.41) is 0. The lowest BCUT2D eigenvalue weighted by molar-refractivity contribution is -0.156. The number of nitrogens with two attached hydrogens (primary N) is 2. The Balaban J connectivity index is 1.92. The van der Waals surface area contributed by atoms with Crippen LogP contribution in [0.3, 0.4) is 0 Å². The van der Waals surface area contributed by atoms with Gasteiger partial charge in [-0.25, -0.2) is 0 Å². The van der Waals surface area contributed by atoms with Crippen LogP contribution in [0.1, 0.15) is 116 Å². The van der Waals surface area contributed by atoms with Crippen molar-refractivity contribution in [1.29, 1.82) is 0 Å². The quantitative estimate of drug-likeness (QED) is 0.0894. The molecule has 0 saturated heterocycles. The Morgan fingerprint density at radius 1 is 0.757 bits per heavy atom. The molecule has 0 spiro atoms. The molecule has 0 aliphatic carbocycles. The minimum Gasteiger partial charge on any atom is -0.494 e. The Labute approximate surface area is 225 Å². The zero-order valence-electron chi connectivity index (χ0n) is 23.1. The lowest BCUT2D eigenvalue weighted by Crippen LogP contribution is -2.22. The Kier molecular flexibility index (Phi) is 19.0. The first kappa shape index (κ1) is 32.6.